The van der Waals surface area contributed by atoms with Crippen LogP contribution in [0.1, 0.15) is 41.0 Å². The minimum atomic E-state index is 0. The summed E-state index contributed by atoms with van der Waals surface area (Å²) in [6.07, 6.45) is 1.28. The summed E-state index contributed by atoms with van der Waals surface area (Å²) in [6, 6.07) is 0. The molecule has 0 aromatic rings. The Morgan fingerprint density at radius 3 is 2.29 bits per heavy atom. The van der Waals surface area contributed by atoms with E-state index in [4.69, 9.17) is 0 Å². The molecule has 1 saturated heterocycles. The third-order valence-electron chi connectivity index (χ3n) is 3.52. The molecular formula is C14H29N2Re-. The van der Waals surface area contributed by atoms with Crippen LogP contribution in [0.3, 0.4) is 0 Å². The van der Waals surface area contributed by atoms with Crippen molar-refractivity contribution < 1.29 is 20.4 Å². The van der Waals surface area contributed by atoms with Gasteiger partial charge in [0.1, 0.15) is 0 Å². The maximum absolute atomic E-state index is 2.66. The van der Waals surface area contributed by atoms with Crippen LogP contribution in [0.4, 0.5) is 0 Å². The van der Waals surface area contributed by atoms with E-state index in [1.807, 2.05) is 0 Å². The van der Waals surface area contributed by atoms with Gasteiger partial charge < -0.3 is 9.80 Å². The second kappa shape index (κ2) is 7.24. The third kappa shape index (κ3) is 5.84. The first kappa shape index (κ1) is 17.6. The van der Waals surface area contributed by atoms with Gasteiger partial charge in [0, 0.05) is 39.1 Å². The van der Waals surface area contributed by atoms with Crippen molar-refractivity contribution in [2.45, 2.75) is 46.6 Å². The molecule has 17 heavy (non-hydrogen) atoms. The molecule has 1 aliphatic heterocycles. The van der Waals surface area contributed by atoms with Crippen molar-refractivity contribution in [3.8, 4) is 0 Å². The predicted octanol–water partition coefficient (Wildman–Crippen LogP) is 2.65. The van der Waals surface area contributed by atoms with E-state index in [0.717, 1.165) is 12.5 Å². The Morgan fingerprint density at radius 2 is 1.76 bits per heavy atom. The molecule has 0 aromatic carbocycles. The van der Waals surface area contributed by atoms with Crippen molar-refractivity contribution in [1.82, 2.24) is 9.80 Å². The molecule has 3 heteroatoms. The molecule has 0 aromatic heterocycles. The minimum Gasteiger partial charge on any atom is -0.334 e. The zero-order valence-electron chi connectivity index (χ0n) is 12.4. The minimum absolute atomic E-state index is 0. The molecular weight excluding hydrogens is 382 g/mol. The summed E-state index contributed by atoms with van der Waals surface area (Å²) >= 11 is 0. The fourth-order valence-electron chi connectivity index (χ4n) is 2.93. The molecule has 1 radical (unpaired) electrons. The molecule has 0 N–H and O–H groups in total. The monoisotopic (exact) mass is 412 g/mol. The molecule has 1 fully saturated rings. The Labute approximate surface area is 122 Å². The van der Waals surface area contributed by atoms with E-state index in [1.54, 1.807) is 5.92 Å². The van der Waals surface area contributed by atoms with Crippen LogP contribution >= 0.6 is 0 Å². The first-order valence-corrected chi connectivity index (χ1v) is 6.56. The number of rotatable bonds is 3. The van der Waals surface area contributed by atoms with E-state index in [1.165, 1.54) is 26.1 Å². The predicted molar refractivity (Wildman–Crippen MR) is 71.5 cm³/mol. The Morgan fingerprint density at radius 1 is 1.18 bits per heavy atom. The molecule has 0 bridgehead atoms. The second-order valence-corrected chi connectivity index (χ2v) is 6.53. The van der Waals surface area contributed by atoms with Gasteiger partial charge in [-0.1, -0.05) is 13.8 Å². The smallest absolute Gasteiger partial charge is 0.0127 e. The zero-order valence-corrected chi connectivity index (χ0v) is 15.1. The van der Waals surface area contributed by atoms with Gasteiger partial charge in [-0.25, -0.2) is 0 Å². The quantitative estimate of drug-likeness (QED) is 0.659. The number of hydrogen-bond donors (Lipinski definition) is 0. The summed E-state index contributed by atoms with van der Waals surface area (Å²) in [5.74, 6) is 2.37. The topological polar surface area (TPSA) is 6.48 Å². The molecule has 2 nitrogen and oxygen atoms in total. The number of likely N-dealkylation sites (N-methyl/N-ethyl adjacent to an activating group) is 1. The van der Waals surface area contributed by atoms with Crippen LogP contribution in [-0.4, -0.2) is 48.6 Å². The summed E-state index contributed by atoms with van der Waals surface area (Å²) in [4.78, 5) is 5.09. The van der Waals surface area contributed by atoms with Crippen LogP contribution in [0, 0.1) is 11.8 Å². The van der Waals surface area contributed by atoms with Gasteiger partial charge in [0.25, 0.3) is 0 Å². The molecule has 0 unspecified atom stereocenters. The van der Waals surface area contributed by atoms with Gasteiger partial charge in [-0.2, -0.15) is 6.92 Å². The maximum Gasteiger partial charge on any atom is 0.0127 e. The Bertz CT molecular complexity index is 216. The van der Waals surface area contributed by atoms with E-state index < -0.39 is 0 Å². The third-order valence-corrected chi connectivity index (χ3v) is 3.52. The van der Waals surface area contributed by atoms with Gasteiger partial charge in [-0.05, 0) is 33.2 Å². The van der Waals surface area contributed by atoms with Gasteiger partial charge in [-0.15, -0.1) is 13.1 Å². The molecule has 1 aliphatic rings. The Kier molecular flexibility index (Phi) is 7.49. The molecule has 103 valence electrons. The van der Waals surface area contributed by atoms with E-state index in [0.29, 0.717) is 5.54 Å². The second-order valence-electron chi connectivity index (χ2n) is 6.53. The summed E-state index contributed by atoms with van der Waals surface area (Å²) in [5.41, 5.74) is 0.334. The molecule has 0 aliphatic carbocycles. The van der Waals surface area contributed by atoms with Crippen LogP contribution in [-0.2, 0) is 20.4 Å². The van der Waals surface area contributed by atoms with Crippen molar-refractivity contribution in [3.05, 3.63) is 5.92 Å². The fraction of sp³-hybridized carbons (Fsp3) is 0.929. The Hall–Kier alpha value is 0.582. The largest absolute Gasteiger partial charge is 0.334 e. The van der Waals surface area contributed by atoms with Crippen LogP contribution in [0.2, 0.25) is 0 Å². The summed E-state index contributed by atoms with van der Waals surface area (Å²) < 4.78 is 0. The van der Waals surface area contributed by atoms with Crippen molar-refractivity contribution in [2.75, 3.05) is 33.2 Å². The molecule has 0 amide bonds. The van der Waals surface area contributed by atoms with Crippen LogP contribution < -0.4 is 0 Å². The van der Waals surface area contributed by atoms with Crippen LogP contribution in [0.25, 0.3) is 0 Å². The molecule has 0 saturated carbocycles. The van der Waals surface area contributed by atoms with Crippen molar-refractivity contribution in [1.29, 1.82) is 0 Å². The average molecular weight is 412 g/mol. The Balaban J connectivity index is 0.00000256. The number of hydrogen-bond acceptors (Lipinski definition) is 2. The van der Waals surface area contributed by atoms with E-state index in [-0.39, 0.29) is 20.4 Å². The SMILES string of the molecule is C[C-]1CN(C)CCN(C(C)(C)CC(C)C)C1.[Re]. The van der Waals surface area contributed by atoms with Crippen molar-refractivity contribution >= 4 is 0 Å². The van der Waals surface area contributed by atoms with Crippen LogP contribution in [0.15, 0.2) is 0 Å². The fourth-order valence-corrected chi connectivity index (χ4v) is 2.93. The maximum atomic E-state index is 2.66. The summed E-state index contributed by atoms with van der Waals surface area (Å²) in [5, 5.41) is 0. The normalized spacial score (nSPS) is 21.4. The molecule has 0 atom stereocenters. The standard InChI is InChI=1S/C14H29N2.Re/c1-12(2)9-14(4,5)16-8-7-15(6)10-13(3)11-16;/h12H,7-11H2,1-6H3;/q-1;. The first-order chi connectivity index (χ1) is 7.31. The number of nitrogens with zero attached hydrogens (tertiary/aromatic N) is 2. The van der Waals surface area contributed by atoms with Gasteiger partial charge in [0.15, 0.2) is 0 Å². The first-order valence-electron chi connectivity index (χ1n) is 6.56. The summed E-state index contributed by atoms with van der Waals surface area (Å²) in [6.45, 7) is 16.5. The van der Waals surface area contributed by atoms with Crippen LogP contribution in [0.5, 0.6) is 0 Å². The van der Waals surface area contributed by atoms with Crippen molar-refractivity contribution in [2.24, 2.45) is 5.92 Å². The molecule has 1 heterocycles. The molecule has 1 rings (SSSR count). The van der Waals surface area contributed by atoms with Gasteiger partial charge in [0.2, 0.25) is 0 Å². The van der Waals surface area contributed by atoms with Gasteiger partial charge >= 0.3 is 0 Å². The van der Waals surface area contributed by atoms with Crippen molar-refractivity contribution in [3.63, 3.8) is 0 Å². The summed E-state index contributed by atoms with van der Waals surface area (Å²) in [7, 11) is 2.22. The van der Waals surface area contributed by atoms with Gasteiger partial charge in [0.05, 0.1) is 0 Å². The zero-order chi connectivity index (χ0) is 12.3. The van der Waals surface area contributed by atoms with E-state index >= 15 is 0 Å². The van der Waals surface area contributed by atoms with Gasteiger partial charge in [-0.3, -0.25) is 5.92 Å². The average Bonchev–Trinajstić information content (AvgIpc) is 2.24. The van der Waals surface area contributed by atoms with E-state index in [9.17, 15) is 0 Å². The molecule has 0 spiro atoms. The van der Waals surface area contributed by atoms with E-state index in [2.05, 4.69) is 51.5 Å².